The van der Waals surface area contributed by atoms with Crippen LogP contribution in [0.5, 0.6) is 0 Å². The highest BCUT2D eigenvalue weighted by Crippen LogP contribution is 2.20. The fourth-order valence-corrected chi connectivity index (χ4v) is 1.86. The van der Waals surface area contributed by atoms with Crippen LogP contribution >= 0.6 is 11.6 Å². The maximum Gasteiger partial charge on any atom is 0.225 e. The van der Waals surface area contributed by atoms with E-state index in [4.69, 9.17) is 11.6 Å². The third-order valence-corrected chi connectivity index (χ3v) is 3.48. The Morgan fingerprint density at radius 3 is 2.38 bits per heavy atom. The Hall–Kier alpha value is -0.240. The molecule has 3 heteroatoms. The summed E-state index contributed by atoms with van der Waals surface area (Å²) < 4.78 is 0. The molecule has 0 heterocycles. The lowest BCUT2D eigenvalue weighted by Gasteiger charge is -2.23. The highest BCUT2D eigenvalue weighted by atomic mass is 35.5. The van der Waals surface area contributed by atoms with Crippen LogP contribution in [0.25, 0.3) is 0 Å². The largest absolute Gasteiger partial charge is 0.355 e. The molecular weight excluding hydrogens is 222 g/mol. The van der Waals surface area contributed by atoms with Crippen molar-refractivity contribution in [3.63, 3.8) is 0 Å². The second kappa shape index (κ2) is 7.94. The summed E-state index contributed by atoms with van der Waals surface area (Å²) >= 11 is 5.75. The molecular formula is C13H26ClNO. The van der Waals surface area contributed by atoms with E-state index in [2.05, 4.69) is 12.2 Å². The molecule has 0 aromatic heterocycles. The average molecular weight is 248 g/mol. The van der Waals surface area contributed by atoms with Crippen molar-refractivity contribution >= 4 is 17.5 Å². The first-order chi connectivity index (χ1) is 7.47. The molecule has 0 fully saturated rings. The van der Waals surface area contributed by atoms with Gasteiger partial charge in [0.25, 0.3) is 0 Å². The lowest BCUT2D eigenvalue weighted by atomic mass is 9.89. The summed E-state index contributed by atoms with van der Waals surface area (Å²) in [5.74, 6) is 1.36. The molecule has 0 spiro atoms. The highest BCUT2D eigenvalue weighted by Gasteiger charge is 2.25. The van der Waals surface area contributed by atoms with Crippen LogP contribution in [0, 0.1) is 11.3 Å². The predicted molar refractivity (Wildman–Crippen MR) is 70.8 cm³/mol. The van der Waals surface area contributed by atoms with E-state index in [0.29, 0.717) is 11.8 Å². The Kier molecular flexibility index (Phi) is 7.82. The van der Waals surface area contributed by atoms with Crippen molar-refractivity contribution in [2.45, 2.75) is 53.4 Å². The monoisotopic (exact) mass is 247 g/mol. The van der Waals surface area contributed by atoms with Crippen LogP contribution < -0.4 is 5.32 Å². The van der Waals surface area contributed by atoms with Gasteiger partial charge in [-0.15, -0.1) is 11.6 Å². The molecule has 0 aromatic rings. The van der Waals surface area contributed by atoms with E-state index in [-0.39, 0.29) is 11.3 Å². The topological polar surface area (TPSA) is 29.1 Å². The van der Waals surface area contributed by atoms with Crippen molar-refractivity contribution in [3.05, 3.63) is 0 Å². The van der Waals surface area contributed by atoms with Gasteiger partial charge in [-0.05, 0) is 25.2 Å². The van der Waals surface area contributed by atoms with Gasteiger partial charge < -0.3 is 5.32 Å². The minimum atomic E-state index is -0.252. The molecule has 0 aliphatic heterocycles. The summed E-state index contributed by atoms with van der Waals surface area (Å²) in [7, 11) is 0. The molecule has 0 radical (unpaired) electrons. The molecule has 0 bridgehead atoms. The minimum Gasteiger partial charge on any atom is -0.355 e. The summed E-state index contributed by atoms with van der Waals surface area (Å²) in [6.07, 6.45) is 4.14. The molecule has 0 aliphatic rings. The first-order valence-corrected chi connectivity index (χ1v) is 6.85. The Morgan fingerprint density at radius 2 is 1.94 bits per heavy atom. The zero-order valence-electron chi connectivity index (χ0n) is 11.1. The Labute approximate surface area is 105 Å². The van der Waals surface area contributed by atoms with Gasteiger partial charge in [-0.3, -0.25) is 4.79 Å². The van der Waals surface area contributed by atoms with Crippen LogP contribution in [-0.2, 0) is 4.79 Å². The van der Waals surface area contributed by atoms with E-state index in [1.165, 1.54) is 0 Å². The smallest absolute Gasteiger partial charge is 0.225 e. The summed E-state index contributed by atoms with van der Waals surface area (Å²) in [6.45, 7) is 8.95. The normalized spacial score (nSPS) is 13.6. The fourth-order valence-electron chi connectivity index (χ4n) is 1.55. The average Bonchev–Trinajstić information content (AvgIpc) is 2.26. The quantitative estimate of drug-likeness (QED) is 0.653. The van der Waals surface area contributed by atoms with E-state index >= 15 is 0 Å². The number of alkyl halides is 1. The predicted octanol–water partition coefficient (Wildman–Crippen LogP) is 3.58. The molecule has 0 aliphatic carbocycles. The lowest BCUT2D eigenvalue weighted by Crippen LogP contribution is -2.39. The van der Waals surface area contributed by atoms with Crippen LogP contribution in [0.4, 0.5) is 0 Å². The first-order valence-electron chi connectivity index (χ1n) is 6.32. The van der Waals surface area contributed by atoms with Gasteiger partial charge in [-0.25, -0.2) is 0 Å². The van der Waals surface area contributed by atoms with Crippen LogP contribution in [0.3, 0.4) is 0 Å². The third-order valence-electron chi connectivity index (χ3n) is 3.26. The number of halogens is 1. The molecule has 0 rings (SSSR count). The lowest BCUT2D eigenvalue weighted by molar-refractivity contribution is -0.129. The van der Waals surface area contributed by atoms with Crippen LogP contribution in [-0.4, -0.2) is 18.3 Å². The number of carbonyl (C=O) groups excluding carboxylic acids is 1. The van der Waals surface area contributed by atoms with Gasteiger partial charge in [0.1, 0.15) is 0 Å². The molecule has 1 unspecified atom stereocenters. The maximum atomic E-state index is 11.9. The number of amides is 1. The van der Waals surface area contributed by atoms with Gasteiger partial charge in [0.05, 0.1) is 0 Å². The van der Waals surface area contributed by atoms with Gasteiger partial charge in [0.15, 0.2) is 0 Å². The van der Waals surface area contributed by atoms with Gasteiger partial charge >= 0.3 is 0 Å². The van der Waals surface area contributed by atoms with Crippen LogP contribution in [0.2, 0.25) is 0 Å². The molecule has 0 aromatic carbocycles. The number of hydrogen-bond donors (Lipinski definition) is 1. The van der Waals surface area contributed by atoms with Crippen molar-refractivity contribution in [2.24, 2.45) is 11.3 Å². The van der Waals surface area contributed by atoms with Gasteiger partial charge in [-0.2, -0.15) is 0 Å². The maximum absolute atomic E-state index is 11.9. The van der Waals surface area contributed by atoms with Gasteiger partial charge in [-0.1, -0.05) is 34.1 Å². The van der Waals surface area contributed by atoms with E-state index in [1.807, 2.05) is 20.8 Å². The SMILES string of the molecule is CCCC(CCCl)CNC(=O)C(C)(C)CC. The Morgan fingerprint density at radius 1 is 1.31 bits per heavy atom. The van der Waals surface area contributed by atoms with Crippen molar-refractivity contribution < 1.29 is 4.79 Å². The summed E-state index contributed by atoms with van der Waals surface area (Å²) in [6, 6.07) is 0. The van der Waals surface area contributed by atoms with Crippen molar-refractivity contribution in [1.29, 1.82) is 0 Å². The van der Waals surface area contributed by atoms with Crippen LogP contribution in [0.15, 0.2) is 0 Å². The molecule has 1 N–H and O–H groups in total. The van der Waals surface area contributed by atoms with E-state index < -0.39 is 0 Å². The summed E-state index contributed by atoms with van der Waals surface area (Å²) in [5.41, 5.74) is -0.252. The number of hydrogen-bond acceptors (Lipinski definition) is 1. The first kappa shape index (κ1) is 15.8. The van der Waals surface area contributed by atoms with Crippen molar-refractivity contribution in [3.8, 4) is 0 Å². The summed E-state index contributed by atoms with van der Waals surface area (Å²) in [5, 5.41) is 3.05. The molecule has 2 nitrogen and oxygen atoms in total. The molecule has 16 heavy (non-hydrogen) atoms. The molecule has 1 amide bonds. The second-order valence-corrected chi connectivity index (χ2v) is 5.46. The molecule has 96 valence electrons. The molecule has 0 saturated carbocycles. The number of rotatable bonds is 8. The van der Waals surface area contributed by atoms with Crippen molar-refractivity contribution in [2.75, 3.05) is 12.4 Å². The third kappa shape index (κ3) is 5.74. The Balaban J connectivity index is 4.04. The minimum absolute atomic E-state index is 0.158. The zero-order valence-corrected chi connectivity index (χ0v) is 11.9. The van der Waals surface area contributed by atoms with Crippen LogP contribution in [0.1, 0.15) is 53.4 Å². The van der Waals surface area contributed by atoms with E-state index in [1.54, 1.807) is 0 Å². The standard InChI is InChI=1S/C13H26ClNO/c1-5-7-11(8-9-14)10-15-12(16)13(3,4)6-2/h11H,5-10H2,1-4H3,(H,15,16). The number of carbonyl (C=O) groups is 1. The Bertz CT molecular complexity index is 198. The van der Waals surface area contributed by atoms with E-state index in [9.17, 15) is 4.79 Å². The van der Waals surface area contributed by atoms with Gasteiger partial charge in [0.2, 0.25) is 5.91 Å². The fraction of sp³-hybridized carbons (Fsp3) is 0.923. The van der Waals surface area contributed by atoms with E-state index in [0.717, 1.165) is 32.2 Å². The summed E-state index contributed by atoms with van der Waals surface area (Å²) in [4.78, 5) is 11.9. The highest BCUT2D eigenvalue weighted by molar-refractivity contribution is 6.17. The van der Waals surface area contributed by atoms with Gasteiger partial charge in [0, 0.05) is 17.8 Å². The second-order valence-electron chi connectivity index (χ2n) is 5.08. The molecule has 1 atom stereocenters. The zero-order chi connectivity index (χ0) is 12.6. The molecule has 0 saturated heterocycles. The number of nitrogens with one attached hydrogen (secondary N) is 1. The van der Waals surface area contributed by atoms with Crippen molar-refractivity contribution in [1.82, 2.24) is 5.32 Å².